The maximum absolute atomic E-state index is 11.5. The van der Waals surface area contributed by atoms with Crippen molar-refractivity contribution in [3.63, 3.8) is 0 Å². The van der Waals surface area contributed by atoms with Gasteiger partial charge in [-0.2, -0.15) is 0 Å². The van der Waals surface area contributed by atoms with E-state index < -0.39 is 0 Å². The fraction of sp³-hybridized carbons (Fsp3) is 0.381. The van der Waals surface area contributed by atoms with Crippen molar-refractivity contribution in [1.82, 2.24) is 10.2 Å². The fourth-order valence-corrected chi connectivity index (χ4v) is 2.97. The Bertz CT molecular complexity index is 587. The van der Waals surface area contributed by atoms with Gasteiger partial charge < -0.3 is 10.1 Å². The monoisotopic (exact) mass is 340 g/mol. The Hall–Kier alpha value is -2.33. The molecule has 4 heteroatoms. The Kier molecular flexibility index (Phi) is 7.48. The number of hydrogen-bond donors (Lipinski definition) is 1. The Morgan fingerprint density at radius 2 is 1.44 bits per heavy atom. The van der Waals surface area contributed by atoms with E-state index in [1.54, 1.807) is 0 Å². The zero-order chi connectivity index (χ0) is 18.1. The molecule has 0 heterocycles. The third-order valence-corrected chi connectivity index (χ3v) is 4.34. The van der Waals surface area contributed by atoms with E-state index in [9.17, 15) is 4.79 Å². The molecule has 0 aliphatic rings. The number of carbonyl (C=O) groups excluding carboxylic acids is 1. The first-order chi connectivity index (χ1) is 12.1. The highest BCUT2D eigenvalue weighted by Crippen LogP contribution is 2.18. The van der Waals surface area contributed by atoms with Crippen molar-refractivity contribution >= 4 is 6.09 Å². The lowest BCUT2D eigenvalue weighted by Gasteiger charge is -2.34. The van der Waals surface area contributed by atoms with Gasteiger partial charge in [-0.1, -0.05) is 74.5 Å². The average Bonchev–Trinajstić information content (AvgIpc) is 2.63. The van der Waals surface area contributed by atoms with Crippen molar-refractivity contribution in [2.75, 3.05) is 13.7 Å². The minimum absolute atomic E-state index is 0.208. The van der Waals surface area contributed by atoms with Crippen LogP contribution in [0.25, 0.3) is 0 Å². The van der Waals surface area contributed by atoms with Crippen molar-refractivity contribution in [3.05, 3.63) is 71.8 Å². The van der Waals surface area contributed by atoms with Gasteiger partial charge >= 0.3 is 6.09 Å². The molecule has 0 saturated heterocycles. The number of alkyl carbamates (subject to hydrolysis) is 1. The van der Waals surface area contributed by atoms with Crippen molar-refractivity contribution in [2.45, 2.75) is 33.0 Å². The summed E-state index contributed by atoms with van der Waals surface area (Å²) in [5.41, 5.74) is 2.53. The fourth-order valence-electron chi connectivity index (χ4n) is 2.97. The minimum atomic E-state index is -0.384. The van der Waals surface area contributed by atoms with Gasteiger partial charge in [-0.3, -0.25) is 4.90 Å². The maximum Gasteiger partial charge on any atom is 0.406 e. The number of methoxy groups -OCH3 is 1. The molecule has 2 aromatic carbocycles. The molecule has 1 N–H and O–H groups in total. The molecule has 134 valence electrons. The maximum atomic E-state index is 11.5. The second-order valence-electron chi connectivity index (χ2n) is 6.56. The molecule has 2 aromatic rings. The molecule has 0 aliphatic carbocycles. The number of rotatable bonds is 8. The summed E-state index contributed by atoms with van der Waals surface area (Å²) in [5, 5.41) is 2.86. The highest BCUT2D eigenvalue weighted by molar-refractivity contribution is 5.66. The van der Waals surface area contributed by atoms with E-state index in [0.717, 1.165) is 13.1 Å². The van der Waals surface area contributed by atoms with E-state index in [4.69, 9.17) is 4.74 Å². The van der Waals surface area contributed by atoms with Gasteiger partial charge in [0.1, 0.15) is 0 Å². The van der Waals surface area contributed by atoms with Crippen molar-refractivity contribution in [2.24, 2.45) is 5.92 Å². The number of benzene rings is 2. The van der Waals surface area contributed by atoms with Crippen LogP contribution in [0.15, 0.2) is 60.7 Å². The molecule has 1 amide bonds. The SMILES string of the molecule is COC(=O)NC[C@H](C(C)C)N(Cc1ccccc1)Cc1ccccc1. The zero-order valence-electron chi connectivity index (χ0n) is 15.3. The highest BCUT2D eigenvalue weighted by atomic mass is 16.5. The number of amides is 1. The molecule has 0 spiro atoms. The van der Waals surface area contributed by atoms with Crippen LogP contribution < -0.4 is 5.32 Å². The molecule has 2 rings (SSSR count). The summed E-state index contributed by atoms with van der Waals surface area (Å²) in [5.74, 6) is 0.393. The summed E-state index contributed by atoms with van der Waals surface area (Å²) < 4.78 is 4.73. The van der Waals surface area contributed by atoms with Crippen LogP contribution in [-0.4, -0.2) is 30.7 Å². The van der Waals surface area contributed by atoms with E-state index in [-0.39, 0.29) is 12.1 Å². The molecule has 0 saturated carbocycles. The lowest BCUT2D eigenvalue weighted by Crippen LogP contribution is -2.46. The summed E-state index contributed by atoms with van der Waals surface area (Å²) in [6.45, 7) is 6.60. The van der Waals surface area contributed by atoms with E-state index in [0.29, 0.717) is 12.5 Å². The quantitative estimate of drug-likeness (QED) is 0.787. The van der Waals surface area contributed by atoms with Crippen LogP contribution in [0.4, 0.5) is 4.79 Å². The molecular formula is C21H28N2O2. The third kappa shape index (κ3) is 6.24. The van der Waals surface area contributed by atoms with E-state index in [1.807, 2.05) is 12.1 Å². The Morgan fingerprint density at radius 1 is 0.960 bits per heavy atom. The van der Waals surface area contributed by atoms with E-state index >= 15 is 0 Å². The number of carbonyl (C=O) groups is 1. The molecule has 0 fully saturated rings. The third-order valence-electron chi connectivity index (χ3n) is 4.34. The number of nitrogens with one attached hydrogen (secondary N) is 1. The van der Waals surface area contributed by atoms with Crippen LogP contribution in [0.2, 0.25) is 0 Å². The van der Waals surface area contributed by atoms with Gasteiger partial charge in [0.15, 0.2) is 0 Å². The first-order valence-electron chi connectivity index (χ1n) is 8.74. The van der Waals surface area contributed by atoms with Crippen molar-refractivity contribution < 1.29 is 9.53 Å². The van der Waals surface area contributed by atoms with Gasteiger partial charge in [0, 0.05) is 25.7 Å². The molecule has 1 atom stereocenters. The van der Waals surface area contributed by atoms with Gasteiger partial charge in [-0.05, 0) is 17.0 Å². The van der Waals surface area contributed by atoms with Crippen LogP contribution >= 0.6 is 0 Å². The Labute approximate surface area is 150 Å². The predicted molar refractivity (Wildman–Crippen MR) is 101 cm³/mol. The number of nitrogens with zero attached hydrogens (tertiary/aromatic N) is 1. The number of hydrogen-bond acceptors (Lipinski definition) is 3. The normalized spacial score (nSPS) is 12.2. The summed E-state index contributed by atoms with van der Waals surface area (Å²) in [7, 11) is 1.39. The second-order valence-corrected chi connectivity index (χ2v) is 6.56. The van der Waals surface area contributed by atoms with Gasteiger partial charge in [0.25, 0.3) is 0 Å². The smallest absolute Gasteiger partial charge is 0.406 e. The minimum Gasteiger partial charge on any atom is -0.453 e. The molecule has 0 aromatic heterocycles. The zero-order valence-corrected chi connectivity index (χ0v) is 15.3. The lowest BCUT2D eigenvalue weighted by atomic mass is 10.0. The molecule has 0 aliphatic heterocycles. The Morgan fingerprint density at radius 3 is 1.84 bits per heavy atom. The lowest BCUT2D eigenvalue weighted by molar-refractivity contribution is 0.126. The Balaban J connectivity index is 2.18. The summed E-state index contributed by atoms with van der Waals surface area (Å²) in [6.07, 6.45) is -0.384. The van der Waals surface area contributed by atoms with Crippen LogP contribution in [0.1, 0.15) is 25.0 Å². The van der Waals surface area contributed by atoms with Crippen molar-refractivity contribution in [1.29, 1.82) is 0 Å². The van der Waals surface area contributed by atoms with Gasteiger partial charge in [-0.15, -0.1) is 0 Å². The molecule has 0 unspecified atom stereocenters. The largest absolute Gasteiger partial charge is 0.453 e. The molecule has 0 bridgehead atoms. The van der Waals surface area contributed by atoms with Crippen LogP contribution in [0.5, 0.6) is 0 Å². The van der Waals surface area contributed by atoms with Gasteiger partial charge in [-0.25, -0.2) is 4.79 Å². The van der Waals surface area contributed by atoms with Gasteiger partial charge in [0.2, 0.25) is 0 Å². The number of ether oxygens (including phenoxy) is 1. The van der Waals surface area contributed by atoms with E-state index in [2.05, 4.69) is 72.6 Å². The summed E-state index contributed by atoms with van der Waals surface area (Å²) >= 11 is 0. The predicted octanol–water partition coefficient (Wildman–Crippen LogP) is 4.07. The standard InChI is InChI=1S/C21H28N2O2/c1-17(2)20(14-22-21(24)25-3)23(15-18-10-6-4-7-11-18)16-19-12-8-5-9-13-19/h4-13,17,20H,14-16H2,1-3H3,(H,22,24)/t20-/m1/s1. The molecular weight excluding hydrogens is 312 g/mol. The molecule has 4 nitrogen and oxygen atoms in total. The van der Waals surface area contributed by atoms with Crippen LogP contribution in [-0.2, 0) is 17.8 Å². The summed E-state index contributed by atoms with van der Waals surface area (Å²) in [6, 6.07) is 21.1. The van der Waals surface area contributed by atoms with Crippen LogP contribution in [0, 0.1) is 5.92 Å². The average molecular weight is 340 g/mol. The van der Waals surface area contributed by atoms with Crippen LogP contribution in [0.3, 0.4) is 0 Å². The topological polar surface area (TPSA) is 41.6 Å². The molecule has 25 heavy (non-hydrogen) atoms. The summed E-state index contributed by atoms with van der Waals surface area (Å²) in [4.78, 5) is 13.9. The second kappa shape index (κ2) is 9.84. The first kappa shape index (κ1) is 19.0. The van der Waals surface area contributed by atoms with Crippen molar-refractivity contribution in [3.8, 4) is 0 Å². The first-order valence-corrected chi connectivity index (χ1v) is 8.74. The molecule has 0 radical (unpaired) electrons. The van der Waals surface area contributed by atoms with E-state index in [1.165, 1.54) is 18.2 Å². The highest BCUT2D eigenvalue weighted by Gasteiger charge is 2.23. The van der Waals surface area contributed by atoms with Gasteiger partial charge in [0.05, 0.1) is 7.11 Å².